The molecule has 0 heterocycles. The molecular formula is C19H23BrN2O5S. The van der Waals surface area contributed by atoms with Crippen molar-refractivity contribution in [3.05, 3.63) is 58.6 Å². The molecule has 0 aliphatic heterocycles. The van der Waals surface area contributed by atoms with Crippen molar-refractivity contribution in [1.29, 1.82) is 0 Å². The molecule has 28 heavy (non-hydrogen) atoms. The zero-order chi connectivity index (χ0) is 20.6. The van der Waals surface area contributed by atoms with E-state index in [9.17, 15) is 13.2 Å². The number of carbonyl (C=O) groups is 1. The number of halogens is 1. The van der Waals surface area contributed by atoms with E-state index in [2.05, 4.69) is 21.2 Å². The first-order valence-corrected chi connectivity index (χ1v) is 11.0. The summed E-state index contributed by atoms with van der Waals surface area (Å²) in [5.41, 5.74) is 1.50. The number of nitrogens with one attached hydrogen (secondary N) is 1. The Morgan fingerprint density at radius 1 is 1.14 bits per heavy atom. The highest BCUT2D eigenvalue weighted by Crippen LogP contribution is 2.22. The molecule has 0 radical (unpaired) electrons. The minimum atomic E-state index is -3.57. The van der Waals surface area contributed by atoms with Gasteiger partial charge in [-0.25, -0.2) is 4.79 Å². The third kappa shape index (κ3) is 6.81. The van der Waals surface area contributed by atoms with Crippen molar-refractivity contribution in [2.75, 3.05) is 31.3 Å². The first kappa shape index (κ1) is 22.2. The number of anilines is 1. The quantitative estimate of drug-likeness (QED) is 0.562. The van der Waals surface area contributed by atoms with Crippen molar-refractivity contribution in [2.24, 2.45) is 0 Å². The Hall–Kier alpha value is -2.10. The van der Waals surface area contributed by atoms with E-state index in [1.165, 1.54) is 6.92 Å². The highest BCUT2D eigenvalue weighted by atomic mass is 79.9. The second-order valence-corrected chi connectivity index (χ2v) is 8.61. The SMILES string of the molecule is CCS(=O)(=O)Oc1ccc(CN(CCOC)C(=O)Nc2ccccc2Br)cc1. The Morgan fingerprint density at radius 2 is 1.82 bits per heavy atom. The van der Waals surface area contributed by atoms with Gasteiger partial charge in [0.2, 0.25) is 0 Å². The molecule has 2 aromatic carbocycles. The number of hydrogen-bond donors (Lipinski definition) is 1. The van der Waals surface area contributed by atoms with Gasteiger partial charge in [-0.2, -0.15) is 8.42 Å². The van der Waals surface area contributed by atoms with Crippen molar-refractivity contribution >= 4 is 37.8 Å². The summed E-state index contributed by atoms with van der Waals surface area (Å²) >= 11 is 3.41. The van der Waals surface area contributed by atoms with Gasteiger partial charge in [0.1, 0.15) is 5.75 Å². The van der Waals surface area contributed by atoms with Gasteiger partial charge < -0.3 is 19.1 Å². The van der Waals surface area contributed by atoms with Gasteiger partial charge in [0, 0.05) is 24.7 Å². The summed E-state index contributed by atoms with van der Waals surface area (Å²) < 4.78 is 33.9. The highest BCUT2D eigenvalue weighted by molar-refractivity contribution is 9.10. The largest absolute Gasteiger partial charge is 0.383 e. The number of rotatable bonds is 9. The number of nitrogens with zero attached hydrogens (tertiary/aromatic N) is 1. The molecule has 2 amide bonds. The van der Waals surface area contributed by atoms with E-state index in [4.69, 9.17) is 8.92 Å². The number of para-hydroxylation sites is 1. The van der Waals surface area contributed by atoms with Crippen LogP contribution in [0.25, 0.3) is 0 Å². The molecule has 152 valence electrons. The molecule has 1 N–H and O–H groups in total. The second kappa shape index (κ2) is 10.4. The molecule has 0 aliphatic rings. The topological polar surface area (TPSA) is 84.9 Å². The number of methoxy groups -OCH3 is 1. The van der Waals surface area contributed by atoms with Gasteiger partial charge in [0.25, 0.3) is 0 Å². The van der Waals surface area contributed by atoms with E-state index in [1.807, 2.05) is 18.2 Å². The first-order valence-electron chi connectivity index (χ1n) is 8.65. The van der Waals surface area contributed by atoms with E-state index >= 15 is 0 Å². The summed E-state index contributed by atoms with van der Waals surface area (Å²) in [7, 11) is -1.99. The molecule has 0 unspecified atom stereocenters. The molecule has 0 aromatic heterocycles. The molecule has 0 fully saturated rings. The van der Waals surface area contributed by atoms with E-state index in [0.717, 1.165) is 10.0 Å². The van der Waals surface area contributed by atoms with E-state index in [-0.39, 0.29) is 17.5 Å². The number of carbonyl (C=O) groups excluding carboxylic acids is 1. The van der Waals surface area contributed by atoms with Crippen LogP contribution < -0.4 is 9.50 Å². The van der Waals surface area contributed by atoms with Gasteiger partial charge in [-0.1, -0.05) is 24.3 Å². The molecule has 9 heteroatoms. The first-order chi connectivity index (χ1) is 13.3. The van der Waals surface area contributed by atoms with Crippen LogP contribution in [0.15, 0.2) is 53.0 Å². The zero-order valence-electron chi connectivity index (χ0n) is 15.7. The molecule has 0 saturated heterocycles. The predicted octanol–water partition coefficient (Wildman–Crippen LogP) is 3.86. The minimum absolute atomic E-state index is 0.102. The van der Waals surface area contributed by atoms with E-state index < -0.39 is 10.1 Å². The summed E-state index contributed by atoms with van der Waals surface area (Å²) in [5.74, 6) is 0.140. The Kier molecular flexibility index (Phi) is 8.28. The number of benzene rings is 2. The molecular weight excluding hydrogens is 448 g/mol. The van der Waals surface area contributed by atoms with Gasteiger partial charge >= 0.3 is 16.1 Å². The maximum absolute atomic E-state index is 12.7. The Labute approximate surface area is 173 Å². The number of amides is 2. The standard InChI is InChI=1S/C19H23BrN2O5S/c1-3-28(24,25)27-16-10-8-15(9-11-16)14-22(12-13-26-2)19(23)21-18-7-5-4-6-17(18)20/h4-11H,3,12-14H2,1-2H3,(H,21,23). The molecule has 0 spiro atoms. The molecule has 0 aliphatic carbocycles. The van der Waals surface area contributed by atoms with Gasteiger partial charge in [-0.05, 0) is 52.7 Å². The lowest BCUT2D eigenvalue weighted by atomic mass is 10.2. The van der Waals surface area contributed by atoms with Crippen LogP contribution in [0.3, 0.4) is 0 Å². The Bertz CT molecular complexity index is 887. The fourth-order valence-electron chi connectivity index (χ4n) is 2.29. The van der Waals surface area contributed by atoms with Crippen LogP contribution in [-0.4, -0.2) is 45.4 Å². The van der Waals surface area contributed by atoms with Gasteiger partial charge in [0.15, 0.2) is 0 Å². The summed E-state index contributed by atoms with van der Waals surface area (Å²) in [6.07, 6.45) is 0. The molecule has 7 nitrogen and oxygen atoms in total. The van der Waals surface area contributed by atoms with E-state index in [0.29, 0.717) is 25.4 Å². The Morgan fingerprint density at radius 3 is 2.43 bits per heavy atom. The Balaban J connectivity index is 2.08. The normalized spacial score (nSPS) is 11.1. The molecule has 0 saturated carbocycles. The maximum atomic E-state index is 12.7. The number of hydrogen-bond acceptors (Lipinski definition) is 5. The summed E-state index contributed by atoms with van der Waals surface area (Å²) in [4.78, 5) is 14.3. The smallest absolute Gasteiger partial charge is 0.322 e. The van der Waals surface area contributed by atoms with Crippen LogP contribution in [0.2, 0.25) is 0 Å². The highest BCUT2D eigenvalue weighted by Gasteiger charge is 2.16. The van der Waals surface area contributed by atoms with E-state index in [1.54, 1.807) is 42.3 Å². The van der Waals surface area contributed by atoms with Gasteiger partial charge in [-0.15, -0.1) is 0 Å². The summed E-state index contributed by atoms with van der Waals surface area (Å²) in [6.45, 7) is 2.64. The minimum Gasteiger partial charge on any atom is -0.383 e. The van der Waals surface area contributed by atoms with Gasteiger partial charge in [-0.3, -0.25) is 0 Å². The third-order valence-electron chi connectivity index (χ3n) is 3.84. The predicted molar refractivity (Wildman–Crippen MR) is 112 cm³/mol. The van der Waals surface area contributed by atoms with Crippen LogP contribution >= 0.6 is 15.9 Å². The molecule has 2 rings (SSSR count). The maximum Gasteiger partial charge on any atom is 0.322 e. The van der Waals surface area contributed by atoms with Crippen LogP contribution in [0.4, 0.5) is 10.5 Å². The fraction of sp³-hybridized carbons (Fsp3) is 0.316. The van der Waals surface area contributed by atoms with Gasteiger partial charge in [0.05, 0.1) is 18.0 Å². The lowest BCUT2D eigenvalue weighted by molar-refractivity contribution is 0.153. The fourth-order valence-corrected chi connectivity index (χ4v) is 3.19. The van der Waals surface area contributed by atoms with Crippen LogP contribution in [0.1, 0.15) is 12.5 Å². The third-order valence-corrected chi connectivity index (χ3v) is 5.69. The van der Waals surface area contributed by atoms with Crippen molar-refractivity contribution in [2.45, 2.75) is 13.5 Å². The van der Waals surface area contributed by atoms with Crippen molar-refractivity contribution in [3.63, 3.8) is 0 Å². The van der Waals surface area contributed by atoms with Crippen LogP contribution in [0, 0.1) is 0 Å². The monoisotopic (exact) mass is 470 g/mol. The van der Waals surface area contributed by atoms with Crippen molar-refractivity contribution < 1.29 is 22.1 Å². The zero-order valence-corrected chi connectivity index (χ0v) is 18.1. The van der Waals surface area contributed by atoms with Crippen LogP contribution in [0.5, 0.6) is 5.75 Å². The average molecular weight is 471 g/mol. The van der Waals surface area contributed by atoms with Crippen molar-refractivity contribution in [3.8, 4) is 5.75 Å². The lowest BCUT2D eigenvalue weighted by Crippen LogP contribution is -2.36. The number of ether oxygens (including phenoxy) is 1. The molecule has 0 atom stereocenters. The van der Waals surface area contributed by atoms with Crippen LogP contribution in [-0.2, 0) is 21.4 Å². The lowest BCUT2D eigenvalue weighted by Gasteiger charge is -2.23. The number of urea groups is 1. The average Bonchev–Trinajstić information content (AvgIpc) is 2.68. The summed E-state index contributed by atoms with van der Waals surface area (Å²) in [6, 6.07) is 13.7. The van der Waals surface area contributed by atoms with Crippen molar-refractivity contribution in [1.82, 2.24) is 4.90 Å². The molecule has 0 bridgehead atoms. The molecule has 2 aromatic rings. The summed E-state index contributed by atoms with van der Waals surface area (Å²) in [5, 5.41) is 2.87. The second-order valence-electron chi connectivity index (χ2n) is 5.90.